The maximum Gasteiger partial charge on any atom is 0.0982 e. The Kier molecular flexibility index (Phi) is 14.0. The molecule has 0 amide bonds. The van der Waals surface area contributed by atoms with Crippen molar-refractivity contribution in [3.8, 4) is 0 Å². The van der Waals surface area contributed by atoms with E-state index in [0.29, 0.717) is 65.4 Å². The Hall–Kier alpha value is -1.46. The van der Waals surface area contributed by atoms with Gasteiger partial charge in [0.25, 0.3) is 0 Å². The first-order chi connectivity index (χ1) is 17.3. The van der Waals surface area contributed by atoms with Crippen molar-refractivity contribution in [3.63, 3.8) is 0 Å². The van der Waals surface area contributed by atoms with Crippen LogP contribution in [0.1, 0.15) is 69.9 Å². The Labute approximate surface area is 216 Å². The lowest BCUT2D eigenvalue weighted by Gasteiger charge is -2.46. The summed E-state index contributed by atoms with van der Waals surface area (Å²) in [6, 6.07) is 4.12. The molecule has 0 radical (unpaired) electrons. The van der Waals surface area contributed by atoms with Gasteiger partial charge in [-0.3, -0.25) is 4.84 Å². The number of nitrogen functional groups attached to an aromatic ring is 1. The molecule has 1 unspecified atom stereocenters. The lowest BCUT2D eigenvalue weighted by atomic mass is 9.79. The zero-order valence-corrected chi connectivity index (χ0v) is 22.7. The monoisotopic (exact) mass is 512 g/mol. The van der Waals surface area contributed by atoms with Gasteiger partial charge in [0.05, 0.1) is 70.7 Å². The highest BCUT2D eigenvalue weighted by Crippen LogP contribution is 2.46. The number of nitrogens with two attached hydrogens (primary N) is 1. The minimum atomic E-state index is -0.274. The second-order valence-electron chi connectivity index (χ2n) is 10.1. The highest BCUT2D eigenvalue weighted by molar-refractivity contribution is 5.67. The zero-order valence-electron chi connectivity index (χ0n) is 22.7. The molecule has 1 aliphatic heterocycles. The lowest BCUT2D eigenvalue weighted by molar-refractivity contribution is -0.0121. The number of aliphatic hydroxyl groups is 2. The SMILES string of the molecule is CC(C)c1cc2c(cc1N)C(CO)CC(C)(C)N2OCCOCCOCCCCOCCOCCO. The van der Waals surface area contributed by atoms with Crippen molar-refractivity contribution in [2.75, 3.05) is 83.5 Å². The molecule has 1 aromatic rings. The van der Waals surface area contributed by atoms with Crippen LogP contribution in [0.25, 0.3) is 0 Å². The second-order valence-corrected chi connectivity index (χ2v) is 10.1. The molecule has 0 aliphatic carbocycles. The summed E-state index contributed by atoms with van der Waals surface area (Å²) in [5.41, 5.74) is 9.92. The van der Waals surface area contributed by atoms with Crippen LogP contribution in [0.3, 0.4) is 0 Å². The van der Waals surface area contributed by atoms with Crippen LogP contribution in [0, 0.1) is 0 Å². The number of unbranched alkanes of at least 4 members (excludes halogenated alkanes) is 1. The topological polar surface area (TPSA) is 116 Å². The Bertz CT molecular complexity index is 745. The summed E-state index contributed by atoms with van der Waals surface area (Å²) in [5, 5.41) is 20.6. The molecule has 0 aromatic heterocycles. The minimum absolute atomic E-state index is 0.0317. The van der Waals surface area contributed by atoms with Gasteiger partial charge in [-0.15, -0.1) is 0 Å². The number of hydrogen-bond donors (Lipinski definition) is 3. The molecule has 1 aliphatic rings. The third kappa shape index (κ3) is 9.78. The van der Waals surface area contributed by atoms with E-state index in [1.807, 2.05) is 11.1 Å². The van der Waals surface area contributed by atoms with Crippen molar-refractivity contribution in [1.29, 1.82) is 0 Å². The fourth-order valence-electron chi connectivity index (χ4n) is 4.47. The number of fused-ring (bicyclic) bond motifs is 1. The molecule has 9 heteroatoms. The standard InChI is InChI=1S/C27H48N2O7/c1-21(2)23-18-26-24(17-25(23)28)22(20-31)19-27(3,4)29(26)36-16-15-35-14-12-33-9-6-5-8-32-11-13-34-10-7-30/h17-18,21-22,30-31H,5-16,19-20,28H2,1-4H3. The van der Waals surface area contributed by atoms with Gasteiger partial charge in [-0.05, 0) is 62.3 Å². The van der Waals surface area contributed by atoms with Crippen LogP contribution in [0.5, 0.6) is 0 Å². The minimum Gasteiger partial charge on any atom is -0.398 e. The summed E-state index contributed by atoms with van der Waals surface area (Å²) in [4.78, 5) is 6.22. The van der Waals surface area contributed by atoms with Crippen LogP contribution < -0.4 is 10.8 Å². The molecule has 1 heterocycles. The molecule has 9 nitrogen and oxygen atoms in total. The first-order valence-corrected chi connectivity index (χ1v) is 13.2. The van der Waals surface area contributed by atoms with Crippen molar-refractivity contribution in [2.24, 2.45) is 0 Å². The van der Waals surface area contributed by atoms with Crippen molar-refractivity contribution < 1.29 is 34.0 Å². The fraction of sp³-hybridized carbons (Fsp3) is 0.778. The molecule has 0 fully saturated rings. The number of benzene rings is 1. The summed E-state index contributed by atoms with van der Waals surface area (Å²) in [6.07, 6.45) is 2.64. The van der Waals surface area contributed by atoms with Crippen LogP contribution in [-0.2, 0) is 23.8 Å². The quantitative estimate of drug-likeness (QED) is 0.190. The summed E-state index contributed by atoms with van der Waals surface area (Å²) in [7, 11) is 0. The van der Waals surface area contributed by atoms with E-state index in [2.05, 4.69) is 33.8 Å². The van der Waals surface area contributed by atoms with Crippen molar-refractivity contribution in [1.82, 2.24) is 0 Å². The number of rotatable bonds is 19. The van der Waals surface area contributed by atoms with E-state index in [1.165, 1.54) is 0 Å². The number of nitrogens with zero attached hydrogens (tertiary/aromatic N) is 1. The molecule has 4 N–H and O–H groups in total. The molecule has 2 rings (SSSR count). The molecule has 1 atom stereocenters. The molecule has 0 saturated carbocycles. The molecule has 0 saturated heterocycles. The highest BCUT2D eigenvalue weighted by atomic mass is 16.7. The molecule has 0 bridgehead atoms. The van der Waals surface area contributed by atoms with E-state index in [-0.39, 0.29) is 24.7 Å². The van der Waals surface area contributed by atoms with E-state index < -0.39 is 0 Å². The summed E-state index contributed by atoms with van der Waals surface area (Å²) in [5.74, 6) is 0.326. The van der Waals surface area contributed by atoms with Gasteiger partial charge in [-0.2, -0.15) is 0 Å². The first kappa shape index (κ1) is 30.8. The zero-order chi connectivity index (χ0) is 26.4. The third-order valence-corrected chi connectivity index (χ3v) is 6.28. The van der Waals surface area contributed by atoms with Crippen molar-refractivity contribution in [2.45, 2.75) is 64.3 Å². The van der Waals surface area contributed by atoms with Crippen LogP contribution >= 0.6 is 0 Å². The average molecular weight is 513 g/mol. The van der Waals surface area contributed by atoms with Crippen LogP contribution in [0.15, 0.2) is 12.1 Å². The lowest BCUT2D eigenvalue weighted by Crippen LogP contribution is -2.49. The maximum atomic E-state index is 10.0. The van der Waals surface area contributed by atoms with E-state index >= 15 is 0 Å². The maximum absolute atomic E-state index is 10.0. The largest absolute Gasteiger partial charge is 0.398 e. The number of hydrogen-bond acceptors (Lipinski definition) is 9. The third-order valence-electron chi connectivity index (χ3n) is 6.28. The Morgan fingerprint density at radius 3 is 2.00 bits per heavy atom. The van der Waals surface area contributed by atoms with Gasteiger partial charge in [0.2, 0.25) is 0 Å². The van der Waals surface area contributed by atoms with E-state index in [4.69, 9.17) is 34.6 Å². The molecule has 0 spiro atoms. The van der Waals surface area contributed by atoms with Crippen LogP contribution in [-0.4, -0.2) is 88.4 Å². The van der Waals surface area contributed by atoms with Gasteiger partial charge in [0.1, 0.15) is 0 Å². The predicted molar refractivity (Wildman–Crippen MR) is 141 cm³/mol. The number of anilines is 2. The number of ether oxygens (including phenoxy) is 4. The summed E-state index contributed by atoms with van der Waals surface area (Å²) in [6.45, 7) is 13.4. The molecular formula is C27H48N2O7. The van der Waals surface area contributed by atoms with Gasteiger partial charge < -0.3 is 34.9 Å². The predicted octanol–water partition coefficient (Wildman–Crippen LogP) is 3.23. The van der Waals surface area contributed by atoms with Gasteiger partial charge in [-0.25, -0.2) is 5.06 Å². The molecule has 1 aromatic carbocycles. The van der Waals surface area contributed by atoms with E-state index in [9.17, 15) is 5.11 Å². The second kappa shape index (κ2) is 16.4. The highest BCUT2D eigenvalue weighted by Gasteiger charge is 2.39. The van der Waals surface area contributed by atoms with E-state index in [1.54, 1.807) is 0 Å². The summed E-state index contributed by atoms with van der Waals surface area (Å²) >= 11 is 0. The smallest absolute Gasteiger partial charge is 0.0982 e. The van der Waals surface area contributed by atoms with Crippen LogP contribution in [0.4, 0.5) is 11.4 Å². The van der Waals surface area contributed by atoms with Crippen LogP contribution in [0.2, 0.25) is 0 Å². The van der Waals surface area contributed by atoms with E-state index in [0.717, 1.165) is 41.8 Å². The molecule has 208 valence electrons. The molecule has 36 heavy (non-hydrogen) atoms. The normalized spacial score (nSPS) is 17.1. The van der Waals surface area contributed by atoms with Gasteiger partial charge in [0, 0.05) is 24.8 Å². The van der Waals surface area contributed by atoms with Crippen molar-refractivity contribution >= 4 is 11.4 Å². The fourth-order valence-corrected chi connectivity index (χ4v) is 4.47. The Morgan fingerprint density at radius 1 is 0.889 bits per heavy atom. The Morgan fingerprint density at radius 2 is 1.44 bits per heavy atom. The Balaban J connectivity index is 1.66. The van der Waals surface area contributed by atoms with Gasteiger partial charge in [0.15, 0.2) is 0 Å². The number of hydroxylamine groups is 1. The van der Waals surface area contributed by atoms with Gasteiger partial charge >= 0.3 is 0 Å². The summed E-state index contributed by atoms with van der Waals surface area (Å²) < 4.78 is 21.9. The molecular weight excluding hydrogens is 464 g/mol. The van der Waals surface area contributed by atoms with Crippen molar-refractivity contribution in [3.05, 3.63) is 23.3 Å². The average Bonchev–Trinajstić information content (AvgIpc) is 2.84. The first-order valence-electron chi connectivity index (χ1n) is 13.2. The number of aliphatic hydroxyl groups excluding tert-OH is 2. The van der Waals surface area contributed by atoms with Gasteiger partial charge in [-0.1, -0.05) is 13.8 Å².